The largest absolute Gasteiger partial charge is 0.478 e. The number of nitriles is 1. The van der Waals surface area contributed by atoms with Crippen molar-refractivity contribution in [3.8, 4) is 11.8 Å². The molecule has 7 nitrogen and oxygen atoms in total. The van der Waals surface area contributed by atoms with Crippen LogP contribution < -0.4 is 5.32 Å². The molecule has 2 heterocycles. The zero-order chi connectivity index (χ0) is 21.8. The third-order valence-corrected chi connectivity index (χ3v) is 5.42. The highest BCUT2D eigenvalue weighted by Crippen LogP contribution is 2.26. The number of halogens is 1. The molecule has 1 saturated heterocycles. The van der Waals surface area contributed by atoms with Crippen LogP contribution in [-0.4, -0.2) is 40.8 Å². The number of aromatic nitrogens is 1. The maximum absolute atomic E-state index is 12.4. The van der Waals surface area contributed by atoms with Crippen molar-refractivity contribution >= 4 is 29.6 Å². The van der Waals surface area contributed by atoms with Crippen molar-refractivity contribution in [3.05, 3.63) is 57.4 Å². The molecule has 1 amide bonds. The van der Waals surface area contributed by atoms with Crippen molar-refractivity contribution in [2.75, 3.05) is 13.2 Å². The first-order valence-corrected chi connectivity index (χ1v) is 9.93. The first kappa shape index (κ1) is 21.6. The third kappa shape index (κ3) is 4.56. The van der Waals surface area contributed by atoms with Crippen LogP contribution in [0.3, 0.4) is 0 Å². The van der Waals surface area contributed by atoms with Gasteiger partial charge in [-0.25, -0.2) is 4.79 Å². The van der Waals surface area contributed by atoms with E-state index >= 15 is 0 Å². The first-order valence-electron chi connectivity index (χ1n) is 9.55. The predicted octanol–water partition coefficient (Wildman–Crippen LogP) is 3.65. The van der Waals surface area contributed by atoms with Crippen LogP contribution in [0.25, 0.3) is 11.8 Å². The van der Waals surface area contributed by atoms with Gasteiger partial charge in [-0.2, -0.15) is 5.26 Å². The number of aryl methyl sites for hydroxylation is 1. The summed E-state index contributed by atoms with van der Waals surface area (Å²) < 4.78 is 7.34. The lowest BCUT2D eigenvalue weighted by Gasteiger charge is -2.11. The molecule has 8 heteroatoms. The van der Waals surface area contributed by atoms with Gasteiger partial charge in [0, 0.05) is 30.2 Å². The van der Waals surface area contributed by atoms with Gasteiger partial charge in [-0.05, 0) is 62.6 Å². The Bertz CT molecular complexity index is 1060. The van der Waals surface area contributed by atoms with Crippen LogP contribution in [0.1, 0.15) is 40.2 Å². The highest BCUT2D eigenvalue weighted by Gasteiger charge is 2.19. The van der Waals surface area contributed by atoms with E-state index in [1.807, 2.05) is 30.6 Å². The number of carboxylic acid groups (broad SMARTS) is 1. The zero-order valence-corrected chi connectivity index (χ0v) is 17.5. The molecule has 156 valence electrons. The fourth-order valence-electron chi connectivity index (χ4n) is 3.56. The monoisotopic (exact) mass is 427 g/mol. The summed E-state index contributed by atoms with van der Waals surface area (Å²) in [5, 5.41) is 21.7. The Hall–Kier alpha value is -3.08. The van der Waals surface area contributed by atoms with Gasteiger partial charge < -0.3 is 19.7 Å². The molecule has 1 aliphatic rings. The van der Waals surface area contributed by atoms with E-state index in [1.165, 1.54) is 18.2 Å². The number of hydrogen-bond donors (Lipinski definition) is 2. The Balaban J connectivity index is 1.88. The summed E-state index contributed by atoms with van der Waals surface area (Å²) in [5.41, 5.74) is 2.93. The van der Waals surface area contributed by atoms with Gasteiger partial charge in [0.05, 0.1) is 16.7 Å². The van der Waals surface area contributed by atoms with Gasteiger partial charge in [0.15, 0.2) is 0 Å². The summed E-state index contributed by atoms with van der Waals surface area (Å²) in [4.78, 5) is 23.8. The molecule has 0 bridgehead atoms. The molecule has 0 spiro atoms. The van der Waals surface area contributed by atoms with E-state index in [-0.39, 0.29) is 22.3 Å². The van der Waals surface area contributed by atoms with Gasteiger partial charge in [-0.15, -0.1) is 0 Å². The van der Waals surface area contributed by atoms with E-state index in [0.29, 0.717) is 24.4 Å². The van der Waals surface area contributed by atoms with Gasteiger partial charge in [0.1, 0.15) is 11.6 Å². The molecule has 1 atom stereocenters. The smallest absolute Gasteiger partial charge is 0.337 e. The zero-order valence-electron chi connectivity index (χ0n) is 16.7. The SMILES string of the molecule is Cc1cc(/C=C(\C#N)C(=O)NC[C@@H]2CCCO2)c(C)n1-c1ccc(Cl)c(C(=O)O)c1. The van der Waals surface area contributed by atoms with Gasteiger partial charge in [-0.3, -0.25) is 4.79 Å². The van der Waals surface area contributed by atoms with Crippen molar-refractivity contribution in [2.24, 2.45) is 0 Å². The van der Waals surface area contributed by atoms with Crippen LogP contribution in [0.15, 0.2) is 29.8 Å². The Kier molecular flexibility index (Phi) is 6.60. The number of carbonyl (C=O) groups is 2. The standard InChI is InChI=1S/C22H22ClN3O4/c1-13-8-15(9-16(11-24)21(27)25-12-18-4-3-7-30-18)14(2)26(13)17-5-6-20(23)19(10-17)22(28)29/h5-6,8-10,18H,3-4,7,12H2,1-2H3,(H,25,27)(H,28,29)/b16-9+/t18-/m0/s1. The van der Waals surface area contributed by atoms with Crippen molar-refractivity contribution in [1.82, 2.24) is 9.88 Å². The molecule has 0 aliphatic carbocycles. The second-order valence-corrected chi connectivity index (χ2v) is 7.55. The van der Waals surface area contributed by atoms with Crippen LogP contribution in [0, 0.1) is 25.2 Å². The number of nitrogens with one attached hydrogen (secondary N) is 1. The molecule has 1 aromatic carbocycles. The lowest BCUT2D eigenvalue weighted by molar-refractivity contribution is -0.117. The second kappa shape index (κ2) is 9.16. The maximum atomic E-state index is 12.4. The topological polar surface area (TPSA) is 104 Å². The van der Waals surface area contributed by atoms with Crippen molar-refractivity contribution in [3.63, 3.8) is 0 Å². The predicted molar refractivity (Wildman–Crippen MR) is 113 cm³/mol. The van der Waals surface area contributed by atoms with Crippen LogP contribution >= 0.6 is 11.6 Å². The average Bonchev–Trinajstić information content (AvgIpc) is 3.32. The lowest BCUT2D eigenvalue weighted by atomic mass is 10.1. The Morgan fingerprint density at radius 3 is 2.80 bits per heavy atom. The number of rotatable bonds is 6. The van der Waals surface area contributed by atoms with Gasteiger partial charge >= 0.3 is 5.97 Å². The van der Waals surface area contributed by atoms with E-state index in [0.717, 1.165) is 24.2 Å². The molecule has 1 fully saturated rings. The number of carboxylic acids is 1. The summed E-state index contributed by atoms with van der Waals surface area (Å²) in [7, 11) is 0. The van der Waals surface area contributed by atoms with E-state index in [9.17, 15) is 20.0 Å². The van der Waals surface area contributed by atoms with Gasteiger partial charge in [0.2, 0.25) is 0 Å². The number of carbonyl (C=O) groups excluding carboxylic acids is 1. The van der Waals surface area contributed by atoms with Crippen molar-refractivity contribution in [2.45, 2.75) is 32.8 Å². The molecular formula is C22H22ClN3O4. The summed E-state index contributed by atoms with van der Waals surface area (Å²) >= 11 is 5.97. The van der Waals surface area contributed by atoms with E-state index < -0.39 is 11.9 Å². The minimum atomic E-state index is -1.11. The van der Waals surface area contributed by atoms with Crippen LogP contribution in [0.2, 0.25) is 5.02 Å². The van der Waals surface area contributed by atoms with Gasteiger partial charge in [-0.1, -0.05) is 11.6 Å². The summed E-state index contributed by atoms with van der Waals surface area (Å²) in [6.45, 7) is 4.78. The number of ether oxygens (including phenoxy) is 1. The molecule has 1 aromatic heterocycles. The first-order chi connectivity index (χ1) is 14.3. The molecule has 1 aliphatic heterocycles. The van der Waals surface area contributed by atoms with E-state index in [1.54, 1.807) is 6.07 Å². The second-order valence-electron chi connectivity index (χ2n) is 7.15. The summed E-state index contributed by atoms with van der Waals surface area (Å²) in [5.74, 6) is -1.56. The van der Waals surface area contributed by atoms with Gasteiger partial charge in [0.25, 0.3) is 5.91 Å². The third-order valence-electron chi connectivity index (χ3n) is 5.09. The maximum Gasteiger partial charge on any atom is 0.337 e. The van der Waals surface area contributed by atoms with Crippen LogP contribution in [0.4, 0.5) is 0 Å². The van der Waals surface area contributed by atoms with Crippen molar-refractivity contribution in [1.29, 1.82) is 5.26 Å². The molecule has 2 N–H and O–H groups in total. The number of amides is 1. The normalized spacial score (nSPS) is 16.3. The minimum absolute atomic E-state index is 0.00409. The quantitative estimate of drug-likeness (QED) is 0.541. The van der Waals surface area contributed by atoms with Crippen molar-refractivity contribution < 1.29 is 19.4 Å². The fraction of sp³-hybridized carbons (Fsp3) is 0.318. The Labute approximate surface area is 179 Å². The van der Waals surface area contributed by atoms with E-state index in [4.69, 9.17) is 16.3 Å². The van der Waals surface area contributed by atoms with E-state index in [2.05, 4.69) is 5.32 Å². The molecule has 0 saturated carbocycles. The molecule has 30 heavy (non-hydrogen) atoms. The molecule has 3 rings (SSSR count). The fourth-order valence-corrected chi connectivity index (χ4v) is 3.76. The Morgan fingerprint density at radius 2 is 2.17 bits per heavy atom. The Morgan fingerprint density at radius 1 is 1.40 bits per heavy atom. The minimum Gasteiger partial charge on any atom is -0.478 e. The summed E-state index contributed by atoms with van der Waals surface area (Å²) in [6, 6.07) is 8.56. The molecule has 0 unspecified atom stereocenters. The van der Waals surface area contributed by atoms with Crippen LogP contribution in [-0.2, 0) is 9.53 Å². The summed E-state index contributed by atoms with van der Waals surface area (Å²) in [6.07, 6.45) is 3.40. The number of benzene rings is 1. The molecule has 2 aromatic rings. The van der Waals surface area contributed by atoms with Crippen LogP contribution in [0.5, 0.6) is 0 Å². The highest BCUT2D eigenvalue weighted by atomic mass is 35.5. The number of nitrogens with zero attached hydrogens (tertiary/aromatic N) is 2. The molecular weight excluding hydrogens is 406 g/mol. The highest BCUT2D eigenvalue weighted by molar-refractivity contribution is 6.33. The number of aromatic carboxylic acids is 1. The molecule has 0 radical (unpaired) electrons. The lowest BCUT2D eigenvalue weighted by Crippen LogP contribution is -2.32. The number of hydrogen-bond acceptors (Lipinski definition) is 4. The average molecular weight is 428 g/mol.